The minimum absolute atomic E-state index is 0.228. The first-order valence-electron chi connectivity index (χ1n) is 5.63. The maximum atomic E-state index is 11.7. The predicted octanol–water partition coefficient (Wildman–Crippen LogP) is 3.25. The lowest BCUT2D eigenvalue weighted by atomic mass is 9.96. The molecule has 0 bridgehead atoms. The zero-order valence-corrected chi connectivity index (χ0v) is 9.51. The van der Waals surface area contributed by atoms with Gasteiger partial charge in [-0.3, -0.25) is 0 Å². The summed E-state index contributed by atoms with van der Waals surface area (Å²) in [5.41, 5.74) is 3.85. The molecule has 2 nitrogen and oxygen atoms in total. The van der Waals surface area contributed by atoms with Gasteiger partial charge in [0.2, 0.25) is 0 Å². The molecule has 0 fully saturated rings. The summed E-state index contributed by atoms with van der Waals surface area (Å²) in [4.78, 5) is 11.7. The van der Waals surface area contributed by atoms with Gasteiger partial charge in [-0.1, -0.05) is 42.5 Å². The van der Waals surface area contributed by atoms with Crippen LogP contribution in [0.2, 0.25) is 0 Å². The van der Waals surface area contributed by atoms with E-state index in [4.69, 9.17) is 4.74 Å². The summed E-state index contributed by atoms with van der Waals surface area (Å²) < 4.78 is 5.46. The molecule has 17 heavy (non-hydrogen) atoms. The smallest absolute Gasteiger partial charge is 0.339 e. The van der Waals surface area contributed by atoms with Crippen LogP contribution in [0.5, 0.6) is 0 Å². The lowest BCUT2D eigenvalue weighted by molar-refractivity contribution is 0.0455. The summed E-state index contributed by atoms with van der Waals surface area (Å²) in [6, 6.07) is 15.6. The van der Waals surface area contributed by atoms with Crippen LogP contribution in [0.1, 0.15) is 33.2 Å². The van der Waals surface area contributed by atoms with Gasteiger partial charge >= 0.3 is 5.97 Å². The van der Waals surface area contributed by atoms with Crippen molar-refractivity contribution in [2.45, 2.75) is 13.0 Å². The van der Waals surface area contributed by atoms with Crippen molar-refractivity contribution in [2.75, 3.05) is 0 Å². The highest BCUT2D eigenvalue weighted by atomic mass is 16.5. The van der Waals surface area contributed by atoms with E-state index >= 15 is 0 Å². The molecule has 2 aromatic carbocycles. The fourth-order valence-corrected chi connectivity index (χ4v) is 2.26. The zero-order valence-electron chi connectivity index (χ0n) is 9.51. The van der Waals surface area contributed by atoms with Gasteiger partial charge in [-0.2, -0.15) is 0 Å². The van der Waals surface area contributed by atoms with Gasteiger partial charge in [0.15, 0.2) is 6.10 Å². The van der Waals surface area contributed by atoms with E-state index in [0.29, 0.717) is 5.56 Å². The summed E-state index contributed by atoms with van der Waals surface area (Å²) in [7, 11) is 0. The van der Waals surface area contributed by atoms with E-state index in [1.165, 1.54) is 0 Å². The van der Waals surface area contributed by atoms with Crippen LogP contribution in [0.25, 0.3) is 0 Å². The molecule has 0 aromatic heterocycles. The Labute approximate surface area is 99.9 Å². The van der Waals surface area contributed by atoms with Gasteiger partial charge in [0.25, 0.3) is 0 Å². The second-order valence-corrected chi connectivity index (χ2v) is 4.23. The van der Waals surface area contributed by atoms with Crippen LogP contribution in [0.15, 0.2) is 48.5 Å². The summed E-state index contributed by atoms with van der Waals surface area (Å²) in [6.45, 7) is 2.03. The molecule has 3 rings (SSSR count). The fraction of sp³-hybridized carbons (Fsp3) is 0.133. The van der Waals surface area contributed by atoms with E-state index in [9.17, 15) is 4.79 Å². The lowest BCUT2D eigenvalue weighted by Crippen LogP contribution is -2.02. The van der Waals surface area contributed by atoms with Gasteiger partial charge in [-0.25, -0.2) is 4.79 Å². The molecule has 1 aliphatic rings. The molecule has 0 spiro atoms. The average Bonchev–Trinajstić information content (AvgIpc) is 2.68. The van der Waals surface area contributed by atoms with Crippen LogP contribution in [-0.2, 0) is 4.74 Å². The number of carbonyl (C=O) groups excluding carboxylic acids is 1. The molecule has 0 radical (unpaired) electrons. The van der Waals surface area contributed by atoms with Crippen molar-refractivity contribution in [3.8, 4) is 0 Å². The summed E-state index contributed by atoms with van der Waals surface area (Å²) in [5, 5.41) is 0. The first-order chi connectivity index (χ1) is 8.27. The normalized spacial score (nSPS) is 17.7. The van der Waals surface area contributed by atoms with Crippen molar-refractivity contribution >= 4 is 5.97 Å². The minimum atomic E-state index is -0.250. The first kappa shape index (κ1) is 10.1. The summed E-state index contributed by atoms with van der Waals surface area (Å²) in [5.74, 6) is -0.228. The SMILES string of the molecule is Cc1ccccc1[C@H]1OC(=O)c2ccccc21. The molecule has 0 N–H and O–H groups in total. The number of ether oxygens (including phenoxy) is 1. The van der Waals surface area contributed by atoms with Gasteiger partial charge in [0.1, 0.15) is 0 Å². The van der Waals surface area contributed by atoms with Gasteiger partial charge in [0.05, 0.1) is 5.56 Å². The number of fused-ring (bicyclic) bond motifs is 1. The molecule has 1 heterocycles. The van der Waals surface area contributed by atoms with Crippen molar-refractivity contribution in [3.05, 3.63) is 70.8 Å². The van der Waals surface area contributed by atoms with E-state index < -0.39 is 0 Å². The Morgan fingerprint density at radius 3 is 2.35 bits per heavy atom. The highest BCUT2D eigenvalue weighted by Crippen LogP contribution is 2.36. The molecular formula is C15H12O2. The Balaban J connectivity index is 2.14. The standard InChI is InChI=1S/C15H12O2/c1-10-6-2-3-7-11(10)14-12-8-4-5-9-13(12)15(16)17-14/h2-9,14H,1H3/t14-/m1/s1. The molecule has 2 heteroatoms. The molecule has 0 aliphatic carbocycles. The molecule has 0 saturated carbocycles. The molecule has 1 atom stereocenters. The number of benzene rings is 2. The Hall–Kier alpha value is -2.09. The van der Waals surface area contributed by atoms with Crippen molar-refractivity contribution < 1.29 is 9.53 Å². The Kier molecular flexibility index (Phi) is 2.22. The second-order valence-electron chi connectivity index (χ2n) is 4.23. The molecule has 0 saturated heterocycles. The molecule has 2 aromatic rings. The topological polar surface area (TPSA) is 26.3 Å². The Bertz CT molecular complexity index is 587. The van der Waals surface area contributed by atoms with E-state index in [1.54, 1.807) is 0 Å². The number of aryl methyl sites for hydroxylation is 1. The predicted molar refractivity (Wildman–Crippen MR) is 64.9 cm³/mol. The lowest BCUT2D eigenvalue weighted by Gasteiger charge is -2.13. The third-order valence-corrected chi connectivity index (χ3v) is 3.16. The van der Waals surface area contributed by atoms with Crippen LogP contribution in [-0.4, -0.2) is 5.97 Å². The summed E-state index contributed by atoms with van der Waals surface area (Å²) in [6.07, 6.45) is -0.250. The van der Waals surface area contributed by atoms with Crippen LogP contribution >= 0.6 is 0 Å². The van der Waals surface area contributed by atoms with Crippen molar-refractivity contribution in [1.82, 2.24) is 0 Å². The van der Waals surface area contributed by atoms with E-state index in [0.717, 1.165) is 16.7 Å². The largest absolute Gasteiger partial charge is 0.449 e. The Morgan fingerprint density at radius 2 is 1.59 bits per heavy atom. The van der Waals surface area contributed by atoms with Gasteiger partial charge < -0.3 is 4.74 Å². The van der Waals surface area contributed by atoms with E-state index in [1.807, 2.05) is 55.5 Å². The van der Waals surface area contributed by atoms with Crippen LogP contribution in [0.4, 0.5) is 0 Å². The molecule has 0 amide bonds. The number of esters is 1. The highest BCUT2D eigenvalue weighted by molar-refractivity contribution is 5.94. The maximum absolute atomic E-state index is 11.7. The van der Waals surface area contributed by atoms with E-state index in [2.05, 4.69) is 0 Å². The van der Waals surface area contributed by atoms with Crippen LogP contribution < -0.4 is 0 Å². The zero-order chi connectivity index (χ0) is 11.8. The van der Waals surface area contributed by atoms with Gasteiger partial charge in [0, 0.05) is 5.56 Å². The third-order valence-electron chi connectivity index (χ3n) is 3.16. The molecule has 84 valence electrons. The molecular weight excluding hydrogens is 212 g/mol. The minimum Gasteiger partial charge on any atom is -0.449 e. The van der Waals surface area contributed by atoms with Crippen molar-refractivity contribution in [3.63, 3.8) is 0 Å². The van der Waals surface area contributed by atoms with E-state index in [-0.39, 0.29) is 12.1 Å². The van der Waals surface area contributed by atoms with Crippen LogP contribution in [0, 0.1) is 6.92 Å². The second kappa shape index (κ2) is 3.74. The summed E-state index contributed by atoms with van der Waals surface area (Å²) >= 11 is 0. The third kappa shape index (κ3) is 1.53. The number of hydrogen-bond donors (Lipinski definition) is 0. The Morgan fingerprint density at radius 1 is 0.941 bits per heavy atom. The van der Waals surface area contributed by atoms with Crippen molar-refractivity contribution in [2.24, 2.45) is 0 Å². The number of cyclic esters (lactones) is 1. The molecule has 0 unspecified atom stereocenters. The highest BCUT2D eigenvalue weighted by Gasteiger charge is 2.32. The monoisotopic (exact) mass is 224 g/mol. The fourth-order valence-electron chi connectivity index (χ4n) is 2.26. The van der Waals surface area contributed by atoms with Gasteiger partial charge in [-0.15, -0.1) is 0 Å². The molecule has 1 aliphatic heterocycles. The first-order valence-corrected chi connectivity index (χ1v) is 5.63. The number of rotatable bonds is 1. The van der Waals surface area contributed by atoms with Gasteiger partial charge in [-0.05, 0) is 24.1 Å². The van der Waals surface area contributed by atoms with Crippen LogP contribution in [0.3, 0.4) is 0 Å². The van der Waals surface area contributed by atoms with Crippen molar-refractivity contribution in [1.29, 1.82) is 0 Å². The number of hydrogen-bond acceptors (Lipinski definition) is 2. The average molecular weight is 224 g/mol. The number of carbonyl (C=O) groups is 1. The quantitative estimate of drug-likeness (QED) is 0.695. The maximum Gasteiger partial charge on any atom is 0.339 e.